The fourth-order valence-corrected chi connectivity index (χ4v) is 2.71. The molecule has 1 unspecified atom stereocenters. The zero-order valence-corrected chi connectivity index (χ0v) is 15.4. The molecule has 0 saturated carbocycles. The van der Waals surface area contributed by atoms with Crippen LogP contribution in [-0.2, 0) is 25.5 Å². The molecule has 5 nitrogen and oxygen atoms in total. The summed E-state index contributed by atoms with van der Waals surface area (Å²) < 4.78 is 9.59. The zero-order chi connectivity index (χ0) is 18.1. The van der Waals surface area contributed by atoms with E-state index in [0.29, 0.717) is 28.8 Å². The number of methoxy groups -OCH3 is 1. The van der Waals surface area contributed by atoms with E-state index in [1.807, 2.05) is 0 Å². The molecule has 1 N–H and O–H groups in total. The highest BCUT2D eigenvalue weighted by atomic mass is 35.5. The number of hydrogen-bond acceptors (Lipinski definition) is 5. The van der Waals surface area contributed by atoms with Crippen molar-refractivity contribution in [3.63, 3.8) is 0 Å². The van der Waals surface area contributed by atoms with Crippen molar-refractivity contribution in [3.05, 3.63) is 45.6 Å². The van der Waals surface area contributed by atoms with Gasteiger partial charge < -0.3 is 14.8 Å². The summed E-state index contributed by atoms with van der Waals surface area (Å²) >= 11 is 12.4. The van der Waals surface area contributed by atoms with Crippen LogP contribution in [0.25, 0.3) is 0 Å². The molecule has 1 aromatic rings. The summed E-state index contributed by atoms with van der Waals surface area (Å²) in [6.07, 6.45) is 1.84. The van der Waals surface area contributed by atoms with Crippen molar-refractivity contribution in [2.75, 3.05) is 13.7 Å². The Hall–Kier alpha value is -1.72. The van der Waals surface area contributed by atoms with Gasteiger partial charge in [-0.3, -0.25) is 4.79 Å². The average Bonchev–Trinajstić information content (AvgIpc) is 2.50. The third kappa shape index (κ3) is 6.81. The maximum Gasteiger partial charge on any atom is 0.332 e. The molecule has 0 saturated heterocycles. The van der Waals surface area contributed by atoms with E-state index >= 15 is 0 Å². The van der Waals surface area contributed by atoms with E-state index in [1.54, 1.807) is 32.0 Å². The third-order valence-corrected chi connectivity index (χ3v) is 3.91. The molecule has 1 rings (SSSR count). The summed E-state index contributed by atoms with van der Waals surface area (Å²) in [4.78, 5) is 23.2. The van der Waals surface area contributed by atoms with Gasteiger partial charge >= 0.3 is 11.9 Å². The predicted molar refractivity (Wildman–Crippen MR) is 94.1 cm³/mol. The molecule has 0 radical (unpaired) electrons. The predicted octanol–water partition coefficient (Wildman–Crippen LogP) is 3.52. The van der Waals surface area contributed by atoms with Gasteiger partial charge in [0.15, 0.2) is 0 Å². The van der Waals surface area contributed by atoms with Gasteiger partial charge in [-0.1, -0.05) is 29.3 Å². The minimum absolute atomic E-state index is 0.103. The fraction of sp³-hybridized carbons (Fsp3) is 0.412. The molecule has 0 aliphatic rings. The normalized spacial score (nSPS) is 12.5. The van der Waals surface area contributed by atoms with Crippen LogP contribution in [0.3, 0.4) is 0 Å². The molecular weight excluding hydrogens is 353 g/mol. The fourth-order valence-electron chi connectivity index (χ4n) is 2.16. The number of carbonyl (C=O) groups excluding carboxylic acids is 2. The number of esters is 2. The van der Waals surface area contributed by atoms with Gasteiger partial charge in [0.05, 0.1) is 20.1 Å². The van der Waals surface area contributed by atoms with E-state index in [-0.39, 0.29) is 18.4 Å². The number of rotatable bonds is 8. The largest absolute Gasteiger partial charge is 0.469 e. The first-order valence-corrected chi connectivity index (χ1v) is 8.24. The molecule has 1 aromatic carbocycles. The molecule has 24 heavy (non-hydrogen) atoms. The molecule has 1 atom stereocenters. The SMILES string of the molecule is CCOC(=O)/C=C(/C)NC(CC(=O)OC)Cc1c(Cl)cccc1Cl. The van der Waals surface area contributed by atoms with Crippen LogP contribution in [0.1, 0.15) is 25.8 Å². The highest BCUT2D eigenvalue weighted by Gasteiger charge is 2.18. The Labute approximate surface area is 151 Å². The van der Waals surface area contributed by atoms with Crippen molar-refractivity contribution in [2.45, 2.75) is 32.7 Å². The summed E-state index contributed by atoms with van der Waals surface area (Å²) in [5.41, 5.74) is 1.30. The molecule has 132 valence electrons. The number of allylic oxidation sites excluding steroid dienone is 1. The van der Waals surface area contributed by atoms with E-state index in [4.69, 9.17) is 32.7 Å². The summed E-state index contributed by atoms with van der Waals surface area (Å²) in [6, 6.07) is 4.89. The third-order valence-electron chi connectivity index (χ3n) is 3.21. The van der Waals surface area contributed by atoms with Crippen molar-refractivity contribution in [2.24, 2.45) is 0 Å². The number of carbonyl (C=O) groups is 2. The van der Waals surface area contributed by atoms with Crippen molar-refractivity contribution in [1.82, 2.24) is 5.32 Å². The summed E-state index contributed by atoms with van der Waals surface area (Å²) in [5, 5.41) is 4.16. The number of nitrogens with one attached hydrogen (secondary N) is 1. The molecule has 0 fully saturated rings. The van der Waals surface area contributed by atoms with E-state index in [1.165, 1.54) is 13.2 Å². The topological polar surface area (TPSA) is 64.6 Å². The molecule has 0 heterocycles. The smallest absolute Gasteiger partial charge is 0.332 e. The second-order valence-corrected chi connectivity index (χ2v) is 5.92. The van der Waals surface area contributed by atoms with Crippen LogP contribution in [0.4, 0.5) is 0 Å². The highest BCUT2D eigenvalue weighted by molar-refractivity contribution is 6.36. The van der Waals surface area contributed by atoms with Gasteiger partial charge in [0, 0.05) is 27.9 Å². The maximum atomic E-state index is 11.6. The van der Waals surface area contributed by atoms with Crippen molar-refractivity contribution in [3.8, 4) is 0 Å². The lowest BCUT2D eigenvalue weighted by molar-refractivity contribution is -0.141. The van der Waals surface area contributed by atoms with Crippen LogP contribution in [0.5, 0.6) is 0 Å². The first kappa shape index (κ1) is 20.3. The minimum Gasteiger partial charge on any atom is -0.469 e. The zero-order valence-electron chi connectivity index (χ0n) is 13.9. The lowest BCUT2D eigenvalue weighted by Crippen LogP contribution is -2.33. The maximum absolute atomic E-state index is 11.6. The molecule has 0 amide bonds. The number of halogens is 2. The standard InChI is InChI=1S/C17H21Cl2NO4/c1-4-24-17(22)8-11(2)20-12(10-16(21)23-3)9-13-14(18)6-5-7-15(13)19/h5-8,12,20H,4,9-10H2,1-3H3/b11-8-. The van der Waals surface area contributed by atoms with Crippen LogP contribution in [-0.4, -0.2) is 31.7 Å². The van der Waals surface area contributed by atoms with Gasteiger partial charge in [-0.25, -0.2) is 4.79 Å². The Morgan fingerprint density at radius 2 is 1.92 bits per heavy atom. The summed E-state index contributed by atoms with van der Waals surface area (Å²) in [5.74, 6) is -0.824. The van der Waals surface area contributed by atoms with Crippen LogP contribution in [0.15, 0.2) is 30.0 Å². The molecular formula is C17H21Cl2NO4. The average molecular weight is 374 g/mol. The van der Waals surface area contributed by atoms with Gasteiger partial charge in [0.2, 0.25) is 0 Å². The number of hydrogen-bond donors (Lipinski definition) is 1. The monoisotopic (exact) mass is 373 g/mol. The Balaban J connectivity index is 2.92. The Kier molecular flexibility index (Phi) is 8.65. The van der Waals surface area contributed by atoms with Crippen LogP contribution in [0.2, 0.25) is 10.0 Å². The van der Waals surface area contributed by atoms with Crippen molar-refractivity contribution >= 4 is 35.1 Å². The first-order valence-electron chi connectivity index (χ1n) is 7.48. The molecule has 7 heteroatoms. The van der Waals surface area contributed by atoms with Gasteiger partial charge in [-0.2, -0.15) is 0 Å². The Bertz CT molecular complexity index is 596. The minimum atomic E-state index is -0.449. The number of ether oxygens (including phenoxy) is 2. The van der Waals surface area contributed by atoms with Crippen LogP contribution < -0.4 is 5.32 Å². The van der Waals surface area contributed by atoms with E-state index in [0.717, 1.165) is 5.56 Å². The molecule has 0 spiro atoms. The molecule has 0 bridgehead atoms. The molecule has 0 aliphatic carbocycles. The van der Waals surface area contributed by atoms with E-state index in [2.05, 4.69) is 5.32 Å². The quantitative estimate of drug-likeness (QED) is 0.557. The van der Waals surface area contributed by atoms with Crippen molar-refractivity contribution < 1.29 is 19.1 Å². The van der Waals surface area contributed by atoms with Gasteiger partial charge in [-0.05, 0) is 38.0 Å². The molecule has 0 aliphatic heterocycles. The Morgan fingerprint density at radius 1 is 1.29 bits per heavy atom. The van der Waals surface area contributed by atoms with Crippen LogP contribution in [0, 0.1) is 0 Å². The van der Waals surface area contributed by atoms with Crippen molar-refractivity contribution in [1.29, 1.82) is 0 Å². The van der Waals surface area contributed by atoms with E-state index in [9.17, 15) is 9.59 Å². The van der Waals surface area contributed by atoms with Gasteiger partial charge in [-0.15, -0.1) is 0 Å². The highest BCUT2D eigenvalue weighted by Crippen LogP contribution is 2.26. The second kappa shape index (κ2) is 10.2. The van der Waals surface area contributed by atoms with Gasteiger partial charge in [0.1, 0.15) is 0 Å². The first-order chi connectivity index (χ1) is 11.4. The summed E-state index contributed by atoms with van der Waals surface area (Å²) in [7, 11) is 1.32. The Morgan fingerprint density at radius 3 is 2.46 bits per heavy atom. The second-order valence-electron chi connectivity index (χ2n) is 5.11. The number of benzene rings is 1. The summed E-state index contributed by atoms with van der Waals surface area (Å²) in [6.45, 7) is 3.74. The van der Waals surface area contributed by atoms with Crippen LogP contribution >= 0.6 is 23.2 Å². The van der Waals surface area contributed by atoms with Gasteiger partial charge in [0.25, 0.3) is 0 Å². The lowest BCUT2D eigenvalue weighted by atomic mass is 10.0. The van der Waals surface area contributed by atoms with E-state index < -0.39 is 5.97 Å². The lowest BCUT2D eigenvalue weighted by Gasteiger charge is -2.20. The molecule has 0 aromatic heterocycles.